The Labute approximate surface area is 146 Å². The second kappa shape index (κ2) is 6.79. The Bertz CT molecular complexity index is 972. The highest BCUT2D eigenvalue weighted by molar-refractivity contribution is 5.68. The lowest BCUT2D eigenvalue weighted by atomic mass is 10.1. The summed E-state index contributed by atoms with van der Waals surface area (Å²) in [4.78, 5) is 7.30. The third-order valence-electron chi connectivity index (χ3n) is 3.35. The van der Waals surface area contributed by atoms with Gasteiger partial charge in [0.25, 0.3) is 0 Å². The second-order valence-electron chi connectivity index (χ2n) is 5.44. The van der Waals surface area contributed by atoms with E-state index in [0.717, 1.165) is 17.8 Å². The minimum atomic E-state index is -4.55. The fraction of sp³-hybridized carbons (Fsp3) is 0.188. The molecule has 10 heteroatoms. The maximum atomic E-state index is 12.8. The number of nitrogens with zero attached hydrogens (tertiary/aromatic N) is 6. The summed E-state index contributed by atoms with van der Waals surface area (Å²) in [5.41, 5.74) is 1.57. The van der Waals surface area contributed by atoms with E-state index >= 15 is 0 Å². The topological polar surface area (TPSA) is 92.3 Å². The van der Waals surface area contributed by atoms with E-state index in [9.17, 15) is 13.2 Å². The number of alkyl halides is 3. The van der Waals surface area contributed by atoms with Gasteiger partial charge in [-0.15, -0.1) is 5.10 Å². The van der Waals surface area contributed by atoms with Gasteiger partial charge in [0.1, 0.15) is 17.9 Å². The summed E-state index contributed by atoms with van der Waals surface area (Å²) in [6, 6.07) is 8.05. The zero-order chi connectivity index (χ0) is 18.7. The van der Waals surface area contributed by atoms with Crippen molar-refractivity contribution >= 4 is 11.6 Å². The lowest BCUT2D eigenvalue weighted by Gasteiger charge is -2.10. The molecule has 26 heavy (non-hydrogen) atoms. The van der Waals surface area contributed by atoms with Gasteiger partial charge in [-0.3, -0.25) is 0 Å². The molecule has 3 aromatic rings. The van der Waals surface area contributed by atoms with Crippen LogP contribution in [0.2, 0.25) is 0 Å². The molecule has 0 saturated carbocycles. The van der Waals surface area contributed by atoms with Crippen LogP contribution in [-0.4, -0.2) is 25.0 Å². The van der Waals surface area contributed by atoms with Crippen LogP contribution in [0.5, 0.6) is 0 Å². The number of aromatic nitrogens is 5. The highest BCUT2D eigenvalue weighted by Gasteiger charge is 2.32. The zero-order valence-electron chi connectivity index (χ0n) is 13.5. The van der Waals surface area contributed by atoms with E-state index in [1.54, 1.807) is 18.3 Å². The van der Waals surface area contributed by atoms with Gasteiger partial charge >= 0.3 is 6.18 Å². The quantitative estimate of drug-likeness (QED) is 0.768. The molecule has 1 N–H and O–H groups in total. The first-order valence-corrected chi connectivity index (χ1v) is 7.41. The summed E-state index contributed by atoms with van der Waals surface area (Å²) < 4.78 is 39.7. The van der Waals surface area contributed by atoms with E-state index in [2.05, 4.69) is 25.6 Å². The average Bonchev–Trinajstić information content (AvgIpc) is 3.03. The standard InChI is InChI=1S/C16H12F3N7/c1-10-6-11(13-9-26(5-3-20)25-24-13)8-12(7-10)22-15-21-4-2-14(23-15)16(17,18)19/h2,4,6-9H,5H2,1H3,(H,21,22,23). The Balaban J connectivity index is 1.90. The Morgan fingerprint density at radius 1 is 1.27 bits per heavy atom. The van der Waals surface area contributed by atoms with Crippen LogP contribution in [0.15, 0.2) is 36.7 Å². The van der Waals surface area contributed by atoms with Crippen molar-refractivity contribution in [3.63, 3.8) is 0 Å². The molecular formula is C16H12F3N7. The zero-order valence-corrected chi connectivity index (χ0v) is 13.5. The monoisotopic (exact) mass is 359 g/mol. The lowest BCUT2D eigenvalue weighted by Crippen LogP contribution is -2.10. The van der Waals surface area contributed by atoms with Crippen LogP contribution in [0.25, 0.3) is 11.3 Å². The first-order chi connectivity index (χ1) is 12.3. The average molecular weight is 359 g/mol. The molecule has 2 aromatic heterocycles. The number of nitriles is 1. The van der Waals surface area contributed by atoms with Crippen molar-refractivity contribution in [3.8, 4) is 17.3 Å². The number of nitrogens with one attached hydrogen (secondary N) is 1. The van der Waals surface area contributed by atoms with Crippen molar-refractivity contribution in [1.29, 1.82) is 5.26 Å². The summed E-state index contributed by atoms with van der Waals surface area (Å²) in [6.45, 7) is 1.91. The van der Waals surface area contributed by atoms with Crippen LogP contribution in [-0.2, 0) is 12.7 Å². The van der Waals surface area contributed by atoms with Crippen molar-refractivity contribution < 1.29 is 13.2 Å². The van der Waals surface area contributed by atoms with Crippen LogP contribution in [0.4, 0.5) is 24.8 Å². The van der Waals surface area contributed by atoms with E-state index in [1.807, 2.05) is 19.1 Å². The van der Waals surface area contributed by atoms with Crippen molar-refractivity contribution in [2.75, 3.05) is 5.32 Å². The van der Waals surface area contributed by atoms with E-state index < -0.39 is 11.9 Å². The number of halogens is 3. The van der Waals surface area contributed by atoms with Crippen molar-refractivity contribution in [2.24, 2.45) is 0 Å². The second-order valence-corrected chi connectivity index (χ2v) is 5.44. The maximum absolute atomic E-state index is 12.8. The Morgan fingerprint density at radius 2 is 2.08 bits per heavy atom. The molecule has 0 saturated heterocycles. The molecule has 0 aliphatic heterocycles. The Morgan fingerprint density at radius 3 is 2.81 bits per heavy atom. The van der Waals surface area contributed by atoms with E-state index in [-0.39, 0.29) is 12.5 Å². The molecule has 3 rings (SSSR count). The smallest absolute Gasteiger partial charge is 0.324 e. The number of rotatable bonds is 4. The lowest BCUT2D eigenvalue weighted by molar-refractivity contribution is -0.141. The molecule has 1 aromatic carbocycles. The highest BCUT2D eigenvalue weighted by Crippen LogP contribution is 2.29. The van der Waals surface area contributed by atoms with Crippen molar-refractivity contribution in [2.45, 2.75) is 19.6 Å². The largest absolute Gasteiger partial charge is 0.433 e. The number of aryl methyl sites for hydroxylation is 1. The molecule has 0 aliphatic carbocycles. The molecule has 0 aliphatic rings. The third-order valence-corrected chi connectivity index (χ3v) is 3.35. The summed E-state index contributed by atoms with van der Waals surface area (Å²) in [7, 11) is 0. The fourth-order valence-electron chi connectivity index (χ4n) is 2.29. The predicted molar refractivity (Wildman–Crippen MR) is 86.1 cm³/mol. The Kier molecular flexibility index (Phi) is 4.53. The van der Waals surface area contributed by atoms with Crippen molar-refractivity contribution in [3.05, 3.63) is 47.9 Å². The molecule has 0 fully saturated rings. The highest BCUT2D eigenvalue weighted by atomic mass is 19.4. The molecule has 0 radical (unpaired) electrons. The number of benzene rings is 1. The third kappa shape index (κ3) is 3.94. The summed E-state index contributed by atoms with van der Waals surface area (Å²) in [5, 5.41) is 19.3. The Hall–Kier alpha value is -3.48. The molecule has 0 unspecified atom stereocenters. The van der Waals surface area contributed by atoms with Gasteiger partial charge < -0.3 is 5.32 Å². The summed E-state index contributed by atoms with van der Waals surface area (Å²) in [5.74, 6) is -0.162. The van der Waals surface area contributed by atoms with Gasteiger partial charge in [0.15, 0.2) is 0 Å². The molecule has 2 heterocycles. The van der Waals surface area contributed by atoms with E-state index in [1.165, 1.54) is 4.68 Å². The molecule has 7 nitrogen and oxygen atoms in total. The fourth-order valence-corrected chi connectivity index (χ4v) is 2.29. The molecule has 0 spiro atoms. The molecule has 0 amide bonds. The number of anilines is 2. The van der Waals surface area contributed by atoms with Crippen LogP contribution >= 0.6 is 0 Å². The van der Waals surface area contributed by atoms with E-state index in [4.69, 9.17) is 5.26 Å². The first kappa shape index (κ1) is 17.3. The van der Waals surface area contributed by atoms with Crippen LogP contribution in [0.1, 0.15) is 11.3 Å². The van der Waals surface area contributed by atoms with Gasteiger partial charge in [0.05, 0.1) is 12.3 Å². The first-order valence-electron chi connectivity index (χ1n) is 7.41. The van der Waals surface area contributed by atoms with Gasteiger partial charge in [-0.25, -0.2) is 14.6 Å². The predicted octanol–water partition coefficient (Wildman–Crippen LogP) is 3.33. The maximum Gasteiger partial charge on any atom is 0.433 e. The SMILES string of the molecule is Cc1cc(Nc2nccc(C(F)(F)F)n2)cc(-c2cn(CC#N)nn2)c1. The van der Waals surface area contributed by atoms with Gasteiger partial charge in [-0.1, -0.05) is 5.21 Å². The van der Waals surface area contributed by atoms with Gasteiger partial charge in [0, 0.05) is 17.4 Å². The molecule has 0 atom stereocenters. The minimum Gasteiger partial charge on any atom is -0.324 e. The minimum absolute atomic E-state index is 0.0714. The van der Waals surface area contributed by atoms with Gasteiger partial charge in [-0.2, -0.15) is 18.4 Å². The normalized spacial score (nSPS) is 11.2. The molecular weight excluding hydrogens is 347 g/mol. The number of hydrogen-bond donors (Lipinski definition) is 1. The van der Waals surface area contributed by atoms with Crippen LogP contribution in [0.3, 0.4) is 0 Å². The molecule has 132 valence electrons. The van der Waals surface area contributed by atoms with Gasteiger partial charge in [0.2, 0.25) is 5.95 Å². The van der Waals surface area contributed by atoms with Crippen molar-refractivity contribution in [1.82, 2.24) is 25.0 Å². The van der Waals surface area contributed by atoms with Crippen LogP contribution in [0, 0.1) is 18.3 Å². The van der Waals surface area contributed by atoms with Crippen LogP contribution < -0.4 is 5.32 Å². The summed E-state index contributed by atoms with van der Waals surface area (Å²) >= 11 is 0. The van der Waals surface area contributed by atoms with Gasteiger partial charge in [-0.05, 0) is 36.8 Å². The number of hydrogen-bond acceptors (Lipinski definition) is 6. The summed E-state index contributed by atoms with van der Waals surface area (Å²) in [6.07, 6.45) is -1.89. The molecule has 0 bridgehead atoms. The van der Waals surface area contributed by atoms with E-state index in [0.29, 0.717) is 16.9 Å².